The molecule has 0 unspecified atom stereocenters. The van der Waals surface area contributed by atoms with E-state index < -0.39 is 35.2 Å². The first-order valence-corrected chi connectivity index (χ1v) is 8.35. The average Bonchev–Trinajstić information content (AvgIpc) is 3.22. The molecule has 5 atom stereocenters. The number of benzene rings is 1. The molecule has 1 amide bonds. The minimum atomic E-state index is -0.603. The van der Waals surface area contributed by atoms with Crippen LogP contribution in [0.4, 0.5) is 11.4 Å². The number of anilines is 1. The Morgan fingerprint density at radius 1 is 1.35 bits per heavy atom. The molecule has 9 heteroatoms. The van der Waals surface area contributed by atoms with Crippen molar-refractivity contribution in [3.8, 4) is 0 Å². The lowest BCUT2D eigenvalue weighted by Crippen LogP contribution is -2.34. The van der Waals surface area contributed by atoms with Crippen LogP contribution < -0.4 is 5.32 Å². The molecule has 136 valence electrons. The normalized spacial score (nSPS) is 30.8. The molecule has 3 aliphatic rings. The number of rotatable bonds is 5. The minimum Gasteiger partial charge on any atom is -0.462 e. The third kappa shape index (κ3) is 2.69. The number of amides is 1. The maximum Gasteiger partial charge on any atom is 0.310 e. The third-order valence-electron chi connectivity index (χ3n) is 5.44. The summed E-state index contributed by atoms with van der Waals surface area (Å²) in [5, 5.41) is 13.2. The summed E-state index contributed by atoms with van der Waals surface area (Å²) in [4.78, 5) is 46.4. The van der Waals surface area contributed by atoms with Crippen molar-refractivity contribution >= 4 is 29.2 Å². The molecule has 1 N–H and O–H groups in total. The molecule has 26 heavy (non-hydrogen) atoms. The van der Waals surface area contributed by atoms with Gasteiger partial charge in [0.2, 0.25) is 0 Å². The topological polar surface area (TPSA) is 125 Å². The fourth-order valence-electron chi connectivity index (χ4n) is 4.45. The predicted octanol–water partition coefficient (Wildman–Crippen LogP) is 1.27. The SMILES string of the molecule is O=C(COC(=O)[C@@H]1[C@@H]2C[C@H]3[C@@H]1C(=O)O[C@@H]3C2)Nc1cccc([N+](=O)[O-])c1. The summed E-state index contributed by atoms with van der Waals surface area (Å²) < 4.78 is 10.4. The van der Waals surface area contributed by atoms with Crippen molar-refractivity contribution in [2.75, 3.05) is 11.9 Å². The Morgan fingerprint density at radius 3 is 2.92 bits per heavy atom. The van der Waals surface area contributed by atoms with E-state index in [1.165, 1.54) is 24.3 Å². The van der Waals surface area contributed by atoms with Gasteiger partial charge in [0.15, 0.2) is 6.61 Å². The number of nitro benzene ring substituents is 1. The molecule has 2 aliphatic carbocycles. The van der Waals surface area contributed by atoms with Gasteiger partial charge in [-0.2, -0.15) is 0 Å². The maximum atomic E-state index is 12.4. The molecule has 1 aromatic carbocycles. The smallest absolute Gasteiger partial charge is 0.310 e. The summed E-state index contributed by atoms with van der Waals surface area (Å²) in [6.07, 6.45) is 1.38. The predicted molar refractivity (Wildman–Crippen MR) is 85.8 cm³/mol. The highest BCUT2D eigenvalue weighted by Gasteiger charge is 2.64. The van der Waals surface area contributed by atoms with E-state index in [1.54, 1.807) is 0 Å². The van der Waals surface area contributed by atoms with Gasteiger partial charge in [-0.3, -0.25) is 24.5 Å². The number of fused-ring (bicyclic) bond motifs is 1. The van der Waals surface area contributed by atoms with E-state index >= 15 is 0 Å². The first-order chi connectivity index (χ1) is 12.4. The van der Waals surface area contributed by atoms with Crippen LogP contribution in [-0.4, -0.2) is 35.5 Å². The van der Waals surface area contributed by atoms with Gasteiger partial charge in [-0.15, -0.1) is 0 Å². The van der Waals surface area contributed by atoms with Crippen LogP contribution in [0.15, 0.2) is 24.3 Å². The van der Waals surface area contributed by atoms with E-state index in [4.69, 9.17) is 9.47 Å². The number of carbonyl (C=O) groups excluding carboxylic acids is 3. The lowest BCUT2D eigenvalue weighted by molar-refractivity contribution is -0.384. The van der Waals surface area contributed by atoms with E-state index in [-0.39, 0.29) is 35.3 Å². The van der Waals surface area contributed by atoms with Gasteiger partial charge < -0.3 is 14.8 Å². The van der Waals surface area contributed by atoms with E-state index in [1.807, 2.05) is 0 Å². The van der Waals surface area contributed by atoms with Crippen LogP contribution in [0.5, 0.6) is 0 Å². The lowest BCUT2D eigenvalue weighted by Gasteiger charge is -2.22. The van der Waals surface area contributed by atoms with Crippen LogP contribution in [0.1, 0.15) is 12.8 Å². The van der Waals surface area contributed by atoms with Crippen molar-refractivity contribution in [1.29, 1.82) is 0 Å². The van der Waals surface area contributed by atoms with E-state index in [0.29, 0.717) is 6.42 Å². The molecule has 1 saturated heterocycles. The Labute approximate surface area is 147 Å². The summed E-state index contributed by atoms with van der Waals surface area (Å²) in [6.45, 7) is -0.513. The van der Waals surface area contributed by atoms with E-state index in [0.717, 1.165) is 6.42 Å². The van der Waals surface area contributed by atoms with Crippen LogP contribution in [0.3, 0.4) is 0 Å². The average molecular weight is 360 g/mol. The van der Waals surface area contributed by atoms with Crippen molar-refractivity contribution < 1.29 is 28.8 Å². The Kier molecular flexibility index (Phi) is 3.86. The lowest BCUT2D eigenvalue weighted by atomic mass is 9.80. The number of nitrogens with one attached hydrogen (secondary N) is 1. The number of non-ortho nitro benzene ring substituents is 1. The number of carbonyl (C=O) groups is 3. The van der Waals surface area contributed by atoms with Crippen molar-refractivity contribution in [2.24, 2.45) is 23.7 Å². The zero-order chi connectivity index (χ0) is 18.4. The van der Waals surface area contributed by atoms with Gasteiger partial charge in [0.05, 0.1) is 16.8 Å². The van der Waals surface area contributed by atoms with Crippen LogP contribution >= 0.6 is 0 Å². The molecular formula is C17H16N2O7. The van der Waals surface area contributed by atoms with Crippen molar-refractivity contribution in [2.45, 2.75) is 18.9 Å². The van der Waals surface area contributed by atoms with Gasteiger partial charge in [-0.05, 0) is 24.8 Å². The Morgan fingerprint density at radius 2 is 2.15 bits per heavy atom. The second kappa shape index (κ2) is 6.08. The Bertz CT molecular complexity index is 806. The molecule has 9 nitrogen and oxygen atoms in total. The number of esters is 2. The summed E-state index contributed by atoms with van der Waals surface area (Å²) in [6, 6.07) is 5.46. The summed E-state index contributed by atoms with van der Waals surface area (Å²) in [5.41, 5.74) is 0.0819. The second-order valence-electron chi connectivity index (χ2n) is 6.89. The van der Waals surface area contributed by atoms with Gasteiger partial charge >= 0.3 is 11.9 Å². The van der Waals surface area contributed by atoms with Gasteiger partial charge in [-0.25, -0.2) is 0 Å². The molecule has 3 fully saturated rings. The van der Waals surface area contributed by atoms with Crippen molar-refractivity contribution in [1.82, 2.24) is 0 Å². The number of hydrogen-bond acceptors (Lipinski definition) is 7. The van der Waals surface area contributed by atoms with E-state index in [2.05, 4.69) is 5.32 Å². The zero-order valence-corrected chi connectivity index (χ0v) is 13.6. The van der Waals surface area contributed by atoms with E-state index in [9.17, 15) is 24.5 Å². The van der Waals surface area contributed by atoms with Gasteiger partial charge in [0.1, 0.15) is 6.10 Å². The molecule has 0 radical (unpaired) electrons. The van der Waals surface area contributed by atoms with Crippen molar-refractivity contribution in [3.05, 3.63) is 34.4 Å². The summed E-state index contributed by atoms with van der Waals surface area (Å²) in [7, 11) is 0. The quantitative estimate of drug-likeness (QED) is 0.476. The molecule has 0 aromatic heterocycles. The number of nitrogens with zero attached hydrogens (tertiary/aromatic N) is 1. The molecule has 1 heterocycles. The summed E-state index contributed by atoms with van der Waals surface area (Å²) >= 11 is 0. The van der Waals surface area contributed by atoms with Gasteiger partial charge in [0.25, 0.3) is 11.6 Å². The van der Waals surface area contributed by atoms with Crippen LogP contribution in [0, 0.1) is 33.8 Å². The Balaban J connectivity index is 1.34. The fourth-order valence-corrected chi connectivity index (χ4v) is 4.45. The molecule has 2 bridgehead atoms. The van der Waals surface area contributed by atoms with Crippen LogP contribution in [0.25, 0.3) is 0 Å². The Hall–Kier alpha value is -2.97. The molecule has 1 aromatic rings. The maximum absolute atomic E-state index is 12.4. The van der Waals surface area contributed by atoms with Crippen LogP contribution in [-0.2, 0) is 23.9 Å². The minimum absolute atomic E-state index is 0.0637. The highest BCUT2D eigenvalue weighted by Crippen LogP contribution is 2.57. The standard InChI is InChI=1S/C17H16N2O7/c20-13(18-9-2-1-3-10(6-9)19(23)24)7-25-16(21)14-8-4-11-12(5-8)26-17(22)15(11)14/h1-3,6,8,11-12,14-15H,4-5,7H2,(H,18,20)/t8-,11-,12-,14-,15+/m1/s1. The van der Waals surface area contributed by atoms with Gasteiger partial charge in [0, 0.05) is 23.7 Å². The number of nitro groups is 1. The molecule has 2 saturated carbocycles. The van der Waals surface area contributed by atoms with Gasteiger partial charge in [-0.1, -0.05) is 6.07 Å². The molecule has 1 aliphatic heterocycles. The third-order valence-corrected chi connectivity index (χ3v) is 5.44. The molecule has 0 spiro atoms. The first-order valence-electron chi connectivity index (χ1n) is 8.35. The highest BCUT2D eigenvalue weighted by molar-refractivity contribution is 5.93. The molecule has 4 rings (SSSR count). The van der Waals surface area contributed by atoms with Crippen molar-refractivity contribution in [3.63, 3.8) is 0 Å². The largest absolute Gasteiger partial charge is 0.462 e. The fraction of sp³-hybridized carbons (Fsp3) is 0.471. The summed E-state index contributed by atoms with van der Waals surface area (Å²) in [5.74, 6) is -2.36. The first kappa shape index (κ1) is 16.5. The monoisotopic (exact) mass is 360 g/mol. The second-order valence-corrected chi connectivity index (χ2v) is 6.89. The number of ether oxygens (including phenoxy) is 2. The zero-order valence-electron chi connectivity index (χ0n) is 13.6. The van der Waals surface area contributed by atoms with Crippen LogP contribution in [0.2, 0.25) is 0 Å². The molecular weight excluding hydrogens is 344 g/mol. The highest BCUT2D eigenvalue weighted by atomic mass is 16.6. The number of hydrogen-bond donors (Lipinski definition) is 1.